The maximum Gasteiger partial charge on any atom is 0.0749 e. The Morgan fingerprint density at radius 3 is 2.90 bits per heavy atom. The van der Waals surface area contributed by atoms with Gasteiger partial charge in [0.1, 0.15) is 0 Å². The Morgan fingerprint density at radius 1 is 1.60 bits per heavy atom. The lowest BCUT2D eigenvalue weighted by Crippen LogP contribution is -1.84. The molecule has 1 aromatic rings. The van der Waals surface area contributed by atoms with E-state index in [1.807, 2.05) is 19.1 Å². The number of oxime groups is 1. The molecule has 1 rings (SSSR count). The molecule has 0 amide bonds. The van der Waals surface area contributed by atoms with Gasteiger partial charge >= 0.3 is 0 Å². The third-order valence-electron chi connectivity index (χ3n) is 1.14. The Hall–Kier alpha value is -1.38. The molecule has 10 heavy (non-hydrogen) atoms. The van der Waals surface area contributed by atoms with E-state index in [0.717, 1.165) is 11.3 Å². The van der Waals surface area contributed by atoms with Gasteiger partial charge in [-0.15, -0.1) is 0 Å². The van der Waals surface area contributed by atoms with Crippen molar-refractivity contribution in [3.05, 3.63) is 29.6 Å². The van der Waals surface area contributed by atoms with E-state index in [1.54, 1.807) is 6.20 Å². The molecular weight excluding hydrogens is 128 g/mol. The van der Waals surface area contributed by atoms with Crippen LogP contribution in [0.25, 0.3) is 0 Å². The van der Waals surface area contributed by atoms with Gasteiger partial charge in [0.2, 0.25) is 0 Å². The molecule has 3 heteroatoms. The van der Waals surface area contributed by atoms with Gasteiger partial charge in [-0.3, -0.25) is 4.98 Å². The number of nitrogens with zero attached hydrogens (tertiary/aromatic N) is 2. The van der Waals surface area contributed by atoms with Crippen molar-refractivity contribution in [2.24, 2.45) is 5.16 Å². The lowest BCUT2D eigenvalue weighted by molar-refractivity contribution is 0.322. The highest BCUT2D eigenvalue weighted by atomic mass is 16.4. The molecule has 0 fully saturated rings. The van der Waals surface area contributed by atoms with E-state index < -0.39 is 0 Å². The largest absolute Gasteiger partial charge is 0.411 e. The van der Waals surface area contributed by atoms with Crippen LogP contribution in [0.4, 0.5) is 0 Å². The molecule has 0 aliphatic rings. The lowest BCUT2D eigenvalue weighted by Gasteiger charge is -1.90. The average Bonchev–Trinajstić information content (AvgIpc) is 1.95. The van der Waals surface area contributed by atoms with Gasteiger partial charge in [-0.2, -0.15) is 0 Å². The molecule has 0 unspecified atom stereocenters. The van der Waals surface area contributed by atoms with Crippen molar-refractivity contribution >= 4 is 6.21 Å². The molecule has 0 radical (unpaired) electrons. The summed E-state index contributed by atoms with van der Waals surface area (Å²) in [6.07, 6.45) is 2.99. The standard InChI is InChI=1S/C7H8N2O/c1-6-2-3-7(4-8-6)5-9-10/h2-5,10H,1H3. The summed E-state index contributed by atoms with van der Waals surface area (Å²) in [5.74, 6) is 0. The summed E-state index contributed by atoms with van der Waals surface area (Å²) in [6, 6.07) is 3.69. The third kappa shape index (κ3) is 1.55. The van der Waals surface area contributed by atoms with Gasteiger partial charge < -0.3 is 5.21 Å². The summed E-state index contributed by atoms with van der Waals surface area (Å²) in [5.41, 5.74) is 1.75. The molecule has 0 atom stereocenters. The minimum atomic E-state index is 0.799. The highest BCUT2D eigenvalue weighted by molar-refractivity contribution is 5.78. The molecule has 0 aliphatic heterocycles. The van der Waals surface area contributed by atoms with E-state index in [4.69, 9.17) is 5.21 Å². The molecular formula is C7H8N2O. The highest BCUT2D eigenvalue weighted by Crippen LogP contribution is 1.94. The number of hydrogen-bond acceptors (Lipinski definition) is 3. The van der Waals surface area contributed by atoms with Crippen molar-refractivity contribution in [1.29, 1.82) is 0 Å². The normalized spacial score (nSPS) is 10.5. The van der Waals surface area contributed by atoms with E-state index in [-0.39, 0.29) is 0 Å². The van der Waals surface area contributed by atoms with Crippen LogP contribution in [0.1, 0.15) is 11.3 Å². The molecule has 0 bridgehead atoms. The smallest absolute Gasteiger partial charge is 0.0749 e. The number of rotatable bonds is 1. The van der Waals surface area contributed by atoms with Crippen LogP contribution in [0.3, 0.4) is 0 Å². The summed E-state index contributed by atoms with van der Waals surface area (Å²) in [4.78, 5) is 4.00. The van der Waals surface area contributed by atoms with Crippen LogP contribution in [0.15, 0.2) is 23.5 Å². The van der Waals surface area contributed by atoms with Gasteiger partial charge in [-0.05, 0) is 19.1 Å². The van der Waals surface area contributed by atoms with Crippen LogP contribution in [-0.4, -0.2) is 16.4 Å². The zero-order valence-corrected chi connectivity index (χ0v) is 5.65. The summed E-state index contributed by atoms with van der Waals surface area (Å²) in [7, 11) is 0. The molecule has 1 N–H and O–H groups in total. The van der Waals surface area contributed by atoms with Gasteiger partial charge in [-0.25, -0.2) is 0 Å². The molecule has 0 saturated carbocycles. The van der Waals surface area contributed by atoms with E-state index in [9.17, 15) is 0 Å². The van der Waals surface area contributed by atoms with Gasteiger partial charge in [0, 0.05) is 17.5 Å². The molecule has 0 aliphatic carbocycles. The molecule has 1 heterocycles. The fourth-order valence-electron chi connectivity index (χ4n) is 0.622. The monoisotopic (exact) mass is 136 g/mol. The Labute approximate surface area is 59.0 Å². The second kappa shape index (κ2) is 2.96. The van der Waals surface area contributed by atoms with E-state index in [0.29, 0.717) is 0 Å². The van der Waals surface area contributed by atoms with Crippen LogP contribution in [0.2, 0.25) is 0 Å². The average molecular weight is 136 g/mol. The van der Waals surface area contributed by atoms with Crippen molar-refractivity contribution in [3.8, 4) is 0 Å². The van der Waals surface area contributed by atoms with Crippen molar-refractivity contribution in [1.82, 2.24) is 4.98 Å². The summed E-state index contributed by atoms with van der Waals surface area (Å²) >= 11 is 0. The number of pyridine rings is 1. The predicted octanol–water partition coefficient (Wildman–Crippen LogP) is 1.20. The second-order valence-corrected chi connectivity index (χ2v) is 1.98. The fraction of sp³-hybridized carbons (Fsp3) is 0.143. The SMILES string of the molecule is Cc1ccc(C=NO)cn1. The van der Waals surface area contributed by atoms with Crippen LogP contribution in [-0.2, 0) is 0 Å². The maximum atomic E-state index is 8.13. The quantitative estimate of drug-likeness (QED) is 0.358. The van der Waals surface area contributed by atoms with Crippen LogP contribution in [0, 0.1) is 6.92 Å². The zero-order chi connectivity index (χ0) is 7.40. The van der Waals surface area contributed by atoms with Gasteiger partial charge in [0.15, 0.2) is 0 Å². The Morgan fingerprint density at radius 2 is 2.40 bits per heavy atom. The van der Waals surface area contributed by atoms with E-state index >= 15 is 0 Å². The summed E-state index contributed by atoms with van der Waals surface area (Å²) in [5, 5.41) is 11.0. The first-order valence-electron chi connectivity index (χ1n) is 2.93. The minimum Gasteiger partial charge on any atom is -0.411 e. The van der Waals surface area contributed by atoms with Crippen LogP contribution in [0.5, 0.6) is 0 Å². The third-order valence-corrected chi connectivity index (χ3v) is 1.14. The first-order valence-corrected chi connectivity index (χ1v) is 2.93. The Balaban J connectivity index is 2.89. The molecule has 0 aromatic carbocycles. The van der Waals surface area contributed by atoms with Gasteiger partial charge in [-0.1, -0.05) is 5.16 Å². The zero-order valence-electron chi connectivity index (χ0n) is 5.65. The Bertz CT molecular complexity index is 228. The number of hydrogen-bond donors (Lipinski definition) is 1. The second-order valence-electron chi connectivity index (χ2n) is 1.98. The molecule has 0 spiro atoms. The maximum absolute atomic E-state index is 8.13. The van der Waals surface area contributed by atoms with Gasteiger partial charge in [0.05, 0.1) is 6.21 Å². The first kappa shape index (κ1) is 6.74. The first-order chi connectivity index (χ1) is 4.83. The highest BCUT2D eigenvalue weighted by Gasteiger charge is 1.86. The van der Waals surface area contributed by atoms with Gasteiger partial charge in [0.25, 0.3) is 0 Å². The molecule has 52 valence electrons. The van der Waals surface area contributed by atoms with Crippen molar-refractivity contribution in [3.63, 3.8) is 0 Å². The van der Waals surface area contributed by atoms with E-state index in [2.05, 4.69) is 10.1 Å². The van der Waals surface area contributed by atoms with Crippen molar-refractivity contribution < 1.29 is 5.21 Å². The fourth-order valence-corrected chi connectivity index (χ4v) is 0.622. The topological polar surface area (TPSA) is 45.5 Å². The molecule has 3 nitrogen and oxygen atoms in total. The van der Waals surface area contributed by atoms with Crippen LogP contribution < -0.4 is 0 Å². The summed E-state index contributed by atoms with van der Waals surface area (Å²) < 4.78 is 0. The summed E-state index contributed by atoms with van der Waals surface area (Å²) in [6.45, 7) is 1.90. The molecule has 1 aromatic heterocycles. The Kier molecular flexibility index (Phi) is 1.99. The predicted molar refractivity (Wildman–Crippen MR) is 38.4 cm³/mol. The lowest BCUT2D eigenvalue weighted by atomic mass is 10.3. The van der Waals surface area contributed by atoms with Crippen LogP contribution >= 0.6 is 0 Å². The van der Waals surface area contributed by atoms with Crippen molar-refractivity contribution in [2.45, 2.75) is 6.92 Å². The van der Waals surface area contributed by atoms with Crippen molar-refractivity contribution in [2.75, 3.05) is 0 Å². The molecule has 0 saturated heterocycles. The van der Waals surface area contributed by atoms with E-state index in [1.165, 1.54) is 6.21 Å². The number of aryl methyl sites for hydroxylation is 1. The number of aromatic nitrogens is 1. The minimum absolute atomic E-state index is 0.799.